The molecule has 3 rings (SSSR count). The first-order chi connectivity index (χ1) is 12.8. The number of rotatable bonds is 5. The van der Waals surface area contributed by atoms with Crippen LogP contribution in [0.3, 0.4) is 0 Å². The lowest BCUT2D eigenvalue weighted by Gasteiger charge is -2.19. The minimum absolute atomic E-state index is 0.227. The number of hydrogen-bond acceptors (Lipinski definition) is 4. The summed E-state index contributed by atoms with van der Waals surface area (Å²) in [5.41, 5.74) is 4.24. The quantitative estimate of drug-likeness (QED) is 0.817. The minimum atomic E-state index is -0.312. The summed E-state index contributed by atoms with van der Waals surface area (Å²) in [5, 5.41) is 3.16. The molecule has 0 unspecified atom stereocenters. The monoisotopic (exact) mass is 364 g/mol. The third kappa shape index (κ3) is 3.45. The summed E-state index contributed by atoms with van der Waals surface area (Å²) >= 11 is 0. The molecule has 140 valence electrons. The lowest BCUT2D eigenvalue weighted by Crippen LogP contribution is -2.38. The average molecular weight is 364 g/mol. The second-order valence-corrected chi connectivity index (χ2v) is 7.00. The maximum Gasteiger partial charge on any atom is 0.278 e. The van der Waals surface area contributed by atoms with Gasteiger partial charge in [0.05, 0.1) is 12.7 Å². The van der Waals surface area contributed by atoms with Crippen LogP contribution in [-0.2, 0) is 9.59 Å². The number of carbonyl (C=O) groups is 2. The van der Waals surface area contributed by atoms with Gasteiger partial charge in [-0.05, 0) is 51.0 Å². The molecule has 1 aliphatic heterocycles. The molecule has 2 aromatic carbocycles. The van der Waals surface area contributed by atoms with Gasteiger partial charge in [0.15, 0.2) is 0 Å². The summed E-state index contributed by atoms with van der Waals surface area (Å²) in [6.45, 7) is 7.63. The molecule has 2 amide bonds. The van der Waals surface area contributed by atoms with Crippen molar-refractivity contribution >= 4 is 23.1 Å². The number of methoxy groups -OCH3 is 1. The van der Waals surface area contributed by atoms with Crippen LogP contribution >= 0.6 is 0 Å². The van der Waals surface area contributed by atoms with Crippen molar-refractivity contribution in [3.63, 3.8) is 0 Å². The van der Waals surface area contributed by atoms with Gasteiger partial charge in [0, 0.05) is 17.8 Å². The molecule has 5 nitrogen and oxygen atoms in total. The number of imide groups is 1. The fourth-order valence-electron chi connectivity index (χ4n) is 3.32. The smallest absolute Gasteiger partial charge is 0.278 e. The van der Waals surface area contributed by atoms with Crippen LogP contribution in [0.4, 0.5) is 5.69 Å². The highest BCUT2D eigenvalue weighted by atomic mass is 16.5. The topological polar surface area (TPSA) is 58.6 Å². The number of ether oxygens (including phenoxy) is 1. The van der Waals surface area contributed by atoms with E-state index in [-0.39, 0.29) is 17.9 Å². The summed E-state index contributed by atoms with van der Waals surface area (Å²) in [7, 11) is 1.59. The van der Waals surface area contributed by atoms with E-state index in [9.17, 15) is 9.59 Å². The SMILES string of the molecule is COc1cccc(NC2=C(c3ccc(C)cc3C)C(=O)N(C(C)C)C2=O)c1. The molecule has 0 bridgehead atoms. The van der Waals surface area contributed by atoms with Gasteiger partial charge in [-0.25, -0.2) is 0 Å². The molecule has 27 heavy (non-hydrogen) atoms. The van der Waals surface area contributed by atoms with E-state index in [1.165, 1.54) is 4.90 Å². The zero-order valence-electron chi connectivity index (χ0n) is 16.3. The predicted octanol–water partition coefficient (Wildman–Crippen LogP) is 3.91. The molecule has 0 saturated carbocycles. The zero-order valence-corrected chi connectivity index (χ0v) is 16.3. The molecule has 0 fully saturated rings. The Morgan fingerprint density at radius 1 is 1.00 bits per heavy atom. The van der Waals surface area contributed by atoms with Crippen molar-refractivity contribution in [2.45, 2.75) is 33.7 Å². The Morgan fingerprint density at radius 3 is 2.37 bits per heavy atom. The van der Waals surface area contributed by atoms with Crippen molar-refractivity contribution in [3.8, 4) is 5.75 Å². The first-order valence-corrected chi connectivity index (χ1v) is 8.94. The number of benzene rings is 2. The Morgan fingerprint density at radius 2 is 1.74 bits per heavy atom. The predicted molar refractivity (Wildman–Crippen MR) is 106 cm³/mol. The van der Waals surface area contributed by atoms with Gasteiger partial charge >= 0.3 is 0 Å². The average Bonchev–Trinajstić information content (AvgIpc) is 2.86. The minimum Gasteiger partial charge on any atom is -0.497 e. The molecular weight excluding hydrogens is 340 g/mol. The van der Waals surface area contributed by atoms with Crippen molar-refractivity contribution in [2.24, 2.45) is 0 Å². The highest BCUT2D eigenvalue weighted by molar-refractivity contribution is 6.36. The third-order valence-electron chi connectivity index (χ3n) is 4.62. The normalized spacial score (nSPS) is 14.4. The molecule has 0 radical (unpaired) electrons. The van der Waals surface area contributed by atoms with Gasteiger partial charge in [-0.1, -0.05) is 29.8 Å². The highest BCUT2D eigenvalue weighted by Gasteiger charge is 2.41. The number of nitrogens with zero attached hydrogens (tertiary/aromatic N) is 1. The van der Waals surface area contributed by atoms with Gasteiger partial charge in [0.1, 0.15) is 11.4 Å². The zero-order chi connectivity index (χ0) is 19.7. The van der Waals surface area contributed by atoms with E-state index in [0.29, 0.717) is 22.7 Å². The largest absolute Gasteiger partial charge is 0.497 e. The summed E-state index contributed by atoms with van der Waals surface area (Å²) in [5.74, 6) is 0.0892. The molecule has 0 atom stereocenters. The van der Waals surface area contributed by atoms with Crippen LogP contribution in [0.5, 0.6) is 5.75 Å². The van der Waals surface area contributed by atoms with Gasteiger partial charge in [0.25, 0.3) is 11.8 Å². The summed E-state index contributed by atoms with van der Waals surface area (Å²) < 4.78 is 5.25. The maximum atomic E-state index is 13.1. The van der Waals surface area contributed by atoms with Crippen LogP contribution in [-0.4, -0.2) is 29.9 Å². The van der Waals surface area contributed by atoms with Crippen LogP contribution in [0.25, 0.3) is 5.57 Å². The van der Waals surface area contributed by atoms with E-state index in [1.807, 2.05) is 64.1 Å². The van der Waals surface area contributed by atoms with Crippen molar-refractivity contribution in [1.29, 1.82) is 0 Å². The van der Waals surface area contributed by atoms with Crippen LogP contribution in [0.15, 0.2) is 48.2 Å². The summed E-state index contributed by atoms with van der Waals surface area (Å²) in [4.78, 5) is 27.4. The molecule has 2 aromatic rings. The molecule has 1 N–H and O–H groups in total. The van der Waals surface area contributed by atoms with Crippen LogP contribution in [0.1, 0.15) is 30.5 Å². The number of hydrogen-bond donors (Lipinski definition) is 1. The number of nitrogens with one attached hydrogen (secondary N) is 1. The number of anilines is 1. The molecule has 0 aromatic heterocycles. The first-order valence-electron chi connectivity index (χ1n) is 8.94. The lowest BCUT2D eigenvalue weighted by atomic mass is 9.97. The maximum absolute atomic E-state index is 13.1. The fourth-order valence-corrected chi connectivity index (χ4v) is 3.32. The van der Waals surface area contributed by atoms with Crippen LogP contribution in [0, 0.1) is 13.8 Å². The van der Waals surface area contributed by atoms with Crippen LogP contribution in [0.2, 0.25) is 0 Å². The standard InChI is InChI=1S/C22H24N2O3/c1-13(2)24-21(25)19(18-10-9-14(3)11-15(18)4)20(22(24)26)23-16-7-6-8-17(12-16)27-5/h6-13,23H,1-5H3. The van der Waals surface area contributed by atoms with E-state index < -0.39 is 0 Å². The Labute approximate surface area is 159 Å². The second kappa shape index (κ2) is 7.27. The first kappa shape index (κ1) is 18.7. The molecular formula is C22H24N2O3. The molecule has 5 heteroatoms. The number of carbonyl (C=O) groups excluding carboxylic acids is 2. The summed E-state index contributed by atoms with van der Waals surface area (Å²) in [6, 6.07) is 12.9. The molecule has 1 heterocycles. The Bertz CT molecular complexity index is 944. The van der Waals surface area contributed by atoms with E-state index in [2.05, 4.69) is 5.32 Å². The lowest BCUT2D eigenvalue weighted by molar-refractivity contribution is -0.138. The Hall–Kier alpha value is -3.08. The van der Waals surface area contributed by atoms with E-state index in [0.717, 1.165) is 16.7 Å². The van der Waals surface area contributed by atoms with Gasteiger partial charge < -0.3 is 10.1 Å². The molecule has 0 aliphatic carbocycles. The molecule has 1 aliphatic rings. The van der Waals surface area contributed by atoms with Gasteiger partial charge in [0.2, 0.25) is 0 Å². The summed E-state index contributed by atoms with van der Waals surface area (Å²) in [6.07, 6.45) is 0. The van der Waals surface area contributed by atoms with Gasteiger partial charge in [-0.3, -0.25) is 14.5 Å². The van der Waals surface area contributed by atoms with Crippen molar-refractivity contribution in [1.82, 2.24) is 4.90 Å². The fraction of sp³-hybridized carbons (Fsp3) is 0.273. The van der Waals surface area contributed by atoms with E-state index in [4.69, 9.17) is 4.74 Å². The third-order valence-corrected chi connectivity index (χ3v) is 4.62. The van der Waals surface area contributed by atoms with Crippen molar-refractivity contribution < 1.29 is 14.3 Å². The van der Waals surface area contributed by atoms with Gasteiger partial charge in [-0.15, -0.1) is 0 Å². The highest BCUT2D eigenvalue weighted by Crippen LogP contribution is 2.34. The molecule has 0 saturated heterocycles. The van der Waals surface area contributed by atoms with Crippen molar-refractivity contribution in [3.05, 3.63) is 64.9 Å². The second-order valence-electron chi connectivity index (χ2n) is 7.00. The van der Waals surface area contributed by atoms with Crippen LogP contribution < -0.4 is 10.1 Å². The van der Waals surface area contributed by atoms with Crippen molar-refractivity contribution in [2.75, 3.05) is 12.4 Å². The number of aryl methyl sites for hydroxylation is 2. The Balaban J connectivity index is 2.14. The van der Waals surface area contributed by atoms with Gasteiger partial charge in [-0.2, -0.15) is 0 Å². The van der Waals surface area contributed by atoms with E-state index in [1.54, 1.807) is 13.2 Å². The molecule has 0 spiro atoms. The number of amides is 2. The Kier molecular flexibility index (Phi) is 5.04. The van der Waals surface area contributed by atoms with E-state index >= 15 is 0 Å².